The zero-order valence-electron chi connectivity index (χ0n) is 13.2. The summed E-state index contributed by atoms with van der Waals surface area (Å²) in [6, 6.07) is 17.1. The second-order valence-corrected chi connectivity index (χ2v) is 5.66. The van der Waals surface area contributed by atoms with E-state index in [9.17, 15) is 0 Å². The number of rotatable bonds is 2. The molecule has 1 heteroatoms. The van der Waals surface area contributed by atoms with Gasteiger partial charge in [-0.2, -0.15) is 24.3 Å². The molecule has 2 aromatic carbocycles. The second kappa shape index (κ2) is 9.34. The summed E-state index contributed by atoms with van der Waals surface area (Å²) in [4.78, 5) is 0. The van der Waals surface area contributed by atoms with Gasteiger partial charge in [0.1, 0.15) is 0 Å². The topological polar surface area (TPSA) is 0 Å². The monoisotopic (exact) mass is 345 g/mol. The van der Waals surface area contributed by atoms with Crippen molar-refractivity contribution in [3.05, 3.63) is 96.1 Å². The second-order valence-electron chi connectivity index (χ2n) is 5.66. The molecule has 2 aromatic rings. The Balaban J connectivity index is 0.000000160. The average molecular weight is 345 g/mol. The summed E-state index contributed by atoms with van der Waals surface area (Å²) in [5.41, 5.74) is 5.71. The molecule has 0 unspecified atom stereocenters. The zero-order valence-corrected chi connectivity index (χ0v) is 14.3. The van der Waals surface area contributed by atoms with Crippen LogP contribution in [0.2, 0.25) is 0 Å². The van der Waals surface area contributed by atoms with E-state index < -0.39 is 0 Å². The van der Waals surface area contributed by atoms with Gasteiger partial charge in [-0.3, -0.25) is 0 Å². The van der Waals surface area contributed by atoms with Crippen LogP contribution in [-0.4, -0.2) is 0 Å². The van der Waals surface area contributed by atoms with Crippen molar-refractivity contribution in [3.8, 4) is 0 Å². The molecule has 2 aliphatic carbocycles. The molecule has 0 heterocycles. The van der Waals surface area contributed by atoms with Crippen LogP contribution in [0.4, 0.5) is 0 Å². The van der Waals surface area contributed by atoms with Crippen molar-refractivity contribution in [2.75, 3.05) is 0 Å². The van der Waals surface area contributed by atoms with Gasteiger partial charge in [-0.05, 0) is 25.7 Å². The minimum absolute atomic E-state index is 0. The van der Waals surface area contributed by atoms with Gasteiger partial charge in [0, 0.05) is 0 Å². The molecule has 0 bridgehead atoms. The Labute approximate surface area is 149 Å². The first kappa shape index (κ1) is 17.5. The zero-order chi connectivity index (χ0) is 15.0. The van der Waals surface area contributed by atoms with Crippen LogP contribution in [0.15, 0.2) is 85.0 Å². The van der Waals surface area contributed by atoms with E-state index in [4.69, 9.17) is 0 Å². The summed E-state index contributed by atoms with van der Waals surface area (Å²) in [6.07, 6.45) is 17.9. The molecule has 0 fully saturated rings. The standard InChI is InChI=1S/2C11H11.Co/c2*1-2-6-10(7-3-1)11-8-4-5-9-11;/h2*1-2,4-6,8-9H,3,7H2;/q2*-1;+2. The molecule has 0 saturated heterocycles. The van der Waals surface area contributed by atoms with Crippen LogP contribution in [0.3, 0.4) is 0 Å². The quantitative estimate of drug-likeness (QED) is 0.562. The first-order valence-electron chi connectivity index (χ1n) is 8.09. The number of hydrogen-bond acceptors (Lipinski definition) is 0. The molecule has 2 aliphatic rings. The Morgan fingerprint density at radius 3 is 1.30 bits per heavy atom. The van der Waals surface area contributed by atoms with E-state index >= 15 is 0 Å². The maximum absolute atomic E-state index is 2.21. The van der Waals surface area contributed by atoms with E-state index in [-0.39, 0.29) is 16.8 Å². The Kier molecular flexibility index (Phi) is 7.11. The van der Waals surface area contributed by atoms with E-state index in [1.54, 1.807) is 0 Å². The first-order valence-corrected chi connectivity index (χ1v) is 8.09. The summed E-state index contributed by atoms with van der Waals surface area (Å²) >= 11 is 0. The van der Waals surface area contributed by atoms with Gasteiger partial charge >= 0.3 is 16.8 Å². The molecule has 0 nitrogen and oxygen atoms in total. The molecule has 119 valence electrons. The molecule has 0 aromatic heterocycles. The molecule has 0 N–H and O–H groups in total. The van der Waals surface area contributed by atoms with Gasteiger partial charge in [-0.15, -0.1) is 70.8 Å². The molecule has 1 radical (unpaired) electrons. The van der Waals surface area contributed by atoms with Gasteiger partial charge in [0.2, 0.25) is 0 Å². The van der Waals surface area contributed by atoms with Crippen molar-refractivity contribution in [2.24, 2.45) is 0 Å². The largest absolute Gasteiger partial charge is 2.00 e. The molecule has 0 aliphatic heterocycles. The summed E-state index contributed by atoms with van der Waals surface area (Å²) < 4.78 is 0. The fourth-order valence-electron chi connectivity index (χ4n) is 2.86. The fraction of sp³-hybridized carbons (Fsp3) is 0.182. The molecule has 0 atom stereocenters. The van der Waals surface area contributed by atoms with Gasteiger partial charge in [-0.25, -0.2) is 0 Å². The van der Waals surface area contributed by atoms with Crippen molar-refractivity contribution >= 4 is 11.1 Å². The Bertz CT molecular complexity index is 614. The van der Waals surface area contributed by atoms with Crippen LogP contribution in [0.25, 0.3) is 11.1 Å². The van der Waals surface area contributed by atoms with E-state index in [0.29, 0.717) is 0 Å². The van der Waals surface area contributed by atoms with Crippen LogP contribution in [0.5, 0.6) is 0 Å². The fourth-order valence-corrected chi connectivity index (χ4v) is 2.86. The van der Waals surface area contributed by atoms with E-state index in [0.717, 1.165) is 0 Å². The van der Waals surface area contributed by atoms with Crippen molar-refractivity contribution in [2.45, 2.75) is 25.7 Å². The van der Waals surface area contributed by atoms with Crippen LogP contribution in [0.1, 0.15) is 36.8 Å². The van der Waals surface area contributed by atoms with Crippen LogP contribution < -0.4 is 0 Å². The third-order valence-electron chi connectivity index (χ3n) is 4.09. The van der Waals surface area contributed by atoms with Crippen LogP contribution in [-0.2, 0) is 16.8 Å². The molecule has 23 heavy (non-hydrogen) atoms. The van der Waals surface area contributed by atoms with Gasteiger partial charge in [0.25, 0.3) is 0 Å². The third kappa shape index (κ3) is 5.09. The normalized spacial score (nSPS) is 15.8. The summed E-state index contributed by atoms with van der Waals surface area (Å²) in [7, 11) is 0. The molecule has 0 amide bonds. The van der Waals surface area contributed by atoms with E-state index in [1.165, 1.54) is 48.0 Å². The van der Waals surface area contributed by atoms with Gasteiger partial charge in [-0.1, -0.05) is 12.2 Å². The molecular weight excluding hydrogens is 323 g/mol. The SMILES string of the molecule is C1=CCCC([c-]2cccc2)=C1.C1=CCCC([c-]2cccc2)=C1.[Co+2]. The molecule has 4 rings (SSSR count). The van der Waals surface area contributed by atoms with Crippen molar-refractivity contribution in [1.82, 2.24) is 0 Å². The minimum atomic E-state index is 0. The molecular formula is C22H22Co. The summed E-state index contributed by atoms with van der Waals surface area (Å²) in [5.74, 6) is 0. The van der Waals surface area contributed by atoms with Crippen LogP contribution >= 0.6 is 0 Å². The summed E-state index contributed by atoms with van der Waals surface area (Å²) in [5, 5.41) is 0. The van der Waals surface area contributed by atoms with E-state index in [2.05, 4.69) is 85.0 Å². The van der Waals surface area contributed by atoms with Crippen molar-refractivity contribution in [3.63, 3.8) is 0 Å². The van der Waals surface area contributed by atoms with Gasteiger partial charge < -0.3 is 0 Å². The maximum Gasteiger partial charge on any atom is 2.00 e. The Morgan fingerprint density at radius 1 is 0.609 bits per heavy atom. The summed E-state index contributed by atoms with van der Waals surface area (Å²) in [6.45, 7) is 0. The maximum atomic E-state index is 2.21. The predicted molar refractivity (Wildman–Crippen MR) is 96.8 cm³/mol. The smallest absolute Gasteiger partial charge is 0.174 e. The van der Waals surface area contributed by atoms with Crippen molar-refractivity contribution in [1.29, 1.82) is 0 Å². The molecule has 0 saturated carbocycles. The van der Waals surface area contributed by atoms with Crippen LogP contribution in [0, 0.1) is 0 Å². The number of allylic oxidation sites excluding steroid dienone is 8. The Hall–Kier alpha value is -1.83. The Morgan fingerprint density at radius 2 is 1.00 bits per heavy atom. The number of hydrogen-bond donors (Lipinski definition) is 0. The van der Waals surface area contributed by atoms with Crippen molar-refractivity contribution < 1.29 is 16.8 Å². The minimum Gasteiger partial charge on any atom is -0.174 e. The van der Waals surface area contributed by atoms with Gasteiger partial charge in [0.05, 0.1) is 0 Å². The van der Waals surface area contributed by atoms with E-state index in [1.807, 2.05) is 0 Å². The predicted octanol–water partition coefficient (Wildman–Crippen LogP) is 6.28. The average Bonchev–Trinajstić information content (AvgIpc) is 3.31. The first-order chi connectivity index (χ1) is 10.9. The third-order valence-corrected chi connectivity index (χ3v) is 4.09. The molecule has 0 spiro atoms. The van der Waals surface area contributed by atoms with Gasteiger partial charge in [0.15, 0.2) is 0 Å².